The maximum Gasteiger partial charge on any atom is 0.142 e. The van der Waals surface area contributed by atoms with Gasteiger partial charge in [0.1, 0.15) is 36.5 Å². The zero-order chi connectivity index (χ0) is 37.6. The number of aliphatic hydroxyl groups excluding tert-OH is 1. The first-order chi connectivity index (χ1) is 26.2. The van der Waals surface area contributed by atoms with Gasteiger partial charge in [0.05, 0.1) is 35.3 Å². The van der Waals surface area contributed by atoms with Crippen molar-refractivity contribution in [3.63, 3.8) is 0 Å². The predicted octanol–water partition coefficient (Wildman–Crippen LogP) is 7.18. The fourth-order valence-electron chi connectivity index (χ4n) is 7.46. The molecule has 54 heavy (non-hydrogen) atoms. The predicted molar refractivity (Wildman–Crippen MR) is 209 cm³/mol. The van der Waals surface area contributed by atoms with Crippen molar-refractivity contribution < 1.29 is 19.3 Å². The molecule has 11 heteroatoms. The molecular weight excluding hydrogens is 700 g/mol. The highest BCUT2D eigenvalue weighted by atomic mass is 35.5. The number of imidazole rings is 1. The third-order valence-corrected chi connectivity index (χ3v) is 10.8. The molecule has 3 aromatic carbocycles. The highest BCUT2D eigenvalue weighted by molar-refractivity contribution is 6.32. The Morgan fingerprint density at radius 3 is 2.54 bits per heavy atom. The number of fused-ring (bicyclic) bond motifs is 1. The minimum absolute atomic E-state index is 0.200. The summed E-state index contributed by atoms with van der Waals surface area (Å²) in [5.74, 6) is 2.08. The fraction of sp³-hybridized carbons (Fsp3) is 0.372. The molecule has 1 saturated heterocycles. The summed E-state index contributed by atoms with van der Waals surface area (Å²) in [6.07, 6.45) is 7.62. The Morgan fingerprint density at radius 1 is 0.907 bits per heavy atom. The van der Waals surface area contributed by atoms with Crippen molar-refractivity contribution in [3.8, 4) is 34.4 Å². The molecule has 2 aliphatic rings. The van der Waals surface area contributed by atoms with Crippen LogP contribution in [-0.2, 0) is 39.8 Å². The SMILES string of the molecule is Cc1c(COc2cc(OCc3cncc(C#N)c3)c(CN3CCc4c(ncn4C)C3)cc2Cl)cccc1-c1cccc(OCCCN2CC[C@@H](O)C2)c1C. The van der Waals surface area contributed by atoms with Crippen molar-refractivity contribution in [2.75, 3.05) is 32.8 Å². The Hall–Kier alpha value is -4.92. The van der Waals surface area contributed by atoms with E-state index in [9.17, 15) is 10.4 Å². The molecule has 1 N–H and O–H groups in total. The molecule has 0 unspecified atom stereocenters. The number of ether oxygens (including phenoxy) is 3. The molecule has 0 saturated carbocycles. The average Bonchev–Trinajstić information content (AvgIpc) is 3.77. The lowest BCUT2D eigenvalue weighted by molar-refractivity contribution is 0.173. The van der Waals surface area contributed by atoms with Crippen LogP contribution in [-0.4, -0.2) is 68.3 Å². The van der Waals surface area contributed by atoms with Gasteiger partial charge in [0, 0.05) is 88.0 Å². The lowest BCUT2D eigenvalue weighted by Crippen LogP contribution is -2.31. The van der Waals surface area contributed by atoms with Gasteiger partial charge in [-0.15, -0.1) is 0 Å². The lowest BCUT2D eigenvalue weighted by Gasteiger charge is -2.27. The molecule has 0 aliphatic carbocycles. The third-order valence-electron chi connectivity index (χ3n) is 10.5. The summed E-state index contributed by atoms with van der Waals surface area (Å²) in [4.78, 5) is 13.5. The molecule has 0 radical (unpaired) electrons. The van der Waals surface area contributed by atoms with E-state index in [1.807, 2.05) is 37.6 Å². The Bertz CT molecular complexity index is 2150. The lowest BCUT2D eigenvalue weighted by atomic mass is 9.93. The van der Waals surface area contributed by atoms with Crippen LogP contribution in [0, 0.1) is 25.2 Å². The summed E-state index contributed by atoms with van der Waals surface area (Å²) >= 11 is 6.94. The van der Waals surface area contributed by atoms with Crippen LogP contribution in [0.25, 0.3) is 11.1 Å². The second-order valence-corrected chi connectivity index (χ2v) is 14.7. The zero-order valence-electron chi connectivity index (χ0n) is 31.2. The molecule has 280 valence electrons. The van der Waals surface area contributed by atoms with E-state index in [-0.39, 0.29) is 12.7 Å². The molecule has 0 bridgehead atoms. The molecule has 0 amide bonds. The standard InChI is InChI=1S/C43H47ClN6O4/c1-29-33(7-4-8-36(29)37-9-5-10-41(30(37)2)52-16-6-13-49-14-11-35(51)24-49)27-54-43-19-42(53-26-32-17-31(20-45)21-46-22-32)34(18-38(43)44)23-50-15-12-40-39(25-50)47-28-48(40)3/h4-5,7-10,17-19,21-22,28,35,51H,6,11-16,23-27H2,1-3H3/t35-/m1/s1. The number of nitrogens with zero attached hydrogens (tertiary/aromatic N) is 6. The van der Waals surface area contributed by atoms with Crippen LogP contribution in [0.2, 0.25) is 5.02 Å². The van der Waals surface area contributed by atoms with E-state index in [2.05, 4.69) is 68.5 Å². The second-order valence-electron chi connectivity index (χ2n) is 14.3. The molecule has 7 rings (SSSR count). The minimum Gasteiger partial charge on any atom is -0.493 e. The van der Waals surface area contributed by atoms with Crippen LogP contribution in [0.1, 0.15) is 57.6 Å². The van der Waals surface area contributed by atoms with Crippen LogP contribution in [0.15, 0.2) is 73.3 Å². The van der Waals surface area contributed by atoms with Gasteiger partial charge in [0.25, 0.3) is 0 Å². The third kappa shape index (κ3) is 8.72. The first-order valence-corrected chi connectivity index (χ1v) is 19.0. The summed E-state index contributed by atoms with van der Waals surface area (Å²) < 4.78 is 21.2. The molecule has 1 atom stereocenters. The molecular formula is C43H47ClN6O4. The summed E-state index contributed by atoms with van der Waals surface area (Å²) in [5.41, 5.74) is 10.1. The largest absolute Gasteiger partial charge is 0.493 e. The fourth-order valence-corrected chi connectivity index (χ4v) is 7.70. The van der Waals surface area contributed by atoms with E-state index in [4.69, 9.17) is 25.8 Å². The molecule has 1 fully saturated rings. The van der Waals surface area contributed by atoms with Gasteiger partial charge in [0.15, 0.2) is 0 Å². The number of likely N-dealkylation sites (tertiary alicyclic amines) is 1. The van der Waals surface area contributed by atoms with Crippen molar-refractivity contribution in [2.45, 2.75) is 65.5 Å². The topological polar surface area (TPSA) is 109 Å². The smallest absolute Gasteiger partial charge is 0.142 e. The van der Waals surface area contributed by atoms with Crippen LogP contribution < -0.4 is 14.2 Å². The van der Waals surface area contributed by atoms with Crippen LogP contribution in [0.5, 0.6) is 17.2 Å². The van der Waals surface area contributed by atoms with Crippen LogP contribution in [0.4, 0.5) is 0 Å². The van der Waals surface area contributed by atoms with Crippen LogP contribution in [0.3, 0.4) is 0 Å². The van der Waals surface area contributed by atoms with Gasteiger partial charge in [-0.3, -0.25) is 9.88 Å². The van der Waals surface area contributed by atoms with E-state index in [0.717, 1.165) is 102 Å². The summed E-state index contributed by atoms with van der Waals surface area (Å²) in [6.45, 7) is 10.3. The normalized spacial score (nSPS) is 15.9. The van der Waals surface area contributed by atoms with E-state index in [1.165, 1.54) is 5.69 Å². The number of rotatable bonds is 14. The maximum absolute atomic E-state index is 9.82. The van der Waals surface area contributed by atoms with E-state index < -0.39 is 0 Å². The molecule has 5 aromatic rings. The van der Waals surface area contributed by atoms with E-state index >= 15 is 0 Å². The molecule has 0 spiro atoms. The second kappa shape index (κ2) is 17.0. The van der Waals surface area contributed by atoms with E-state index in [1.54, 1.807) is 18.5 Å². The summed E-state index contributed by atoms with van der Waals surface area (Å²) in [5, 5.41) is 19.7. The Balaban J connectivity index is 1.06. The number of hydrogen-bond acceptors (Lipinski definition) is 9. The minimum atomic E-state index is -0.200. The Kier molecular flexibility index (Phi) is 11.8. The number of aryl methyl sites for hydroxylation is 1. The quantitative estimate of drug-likeness (QED) is 0.118. The number of aromatic nitrogens is 3. The number of nitriles is 1. The van der Waals surface area contributed by atoms with Gasteiger partial charge in [-0.1, -0.05) is 41.9 Å². The zero-order valence-corrected chi connectivity index (χ0v) is 32.0. The van der Waals surface area contributed by atoms with Gasteiger partial charge in [0.2, 0.25) is 0 Å². The maximum atomic E-state index is 9.82. The van der Waals surface area contributed by atoms with Crippen molar-refractivity contribution >= 4 is 11.6 Å². The molecule has 4 heterocycles. The molecule has 2 aromatic heterocycles. The van der Waals surface area contributed by atoms with Gasteiger partial charge in [-0.05, 0) is 72.7 Å². The highest BCUT2D eigenvalue weighted by Gasteiger charge is 2.23. The number of hydrogen-bond donors (Lipinski definition) is 1. The first kappa shape index (κ1) is 37.4. The number of β-amino-alcohol motifs (C(OH)–C–C–N with tert-alkyl or cyclic N) is 1. The molecule has 10 nitrogen and oxygen atoms in total. The highest BCUT2D eigenvalue weighted by Crippen LogP contribution is 2.37. The number of aliphatic hydroxyl groups is 1. The van der Waals surface area contributed by atoms with Gasteiger partial charge in [-0.2, -0.15) is 5.26 Å². The summed E-state index contributed by atoms with van der Waals surface area (Å²) in [7, 11) is 2.04. The Labute approximate surface area is 322 Å². The first-order valence-electron chi connectivity index (χ1n) is 18.6. The van der Waals surface area contributed by atoms with Gasteiger partial charge >= 0.3 is 0 Å². The van der Waals surface area contributed by atoms with E-state index in [0.29, 0.717) is 41.8 Å². The van der Waals surface area contributed by atoms with Crippen molar-refractivity contribution in [1.82, 2.24) is 24.3 Å². The average molecular weight is 747 g/mol. The Morgan fingerprint density at radius 2 is 1.72 bits per heavy atom. The van der Waals surface area contributed by atoms with Crippen molar-refractivity contribution in [2.24, 2.45) is 7.05 Å². The van der Waals surface area contributed by atoms with Crippen LogP contribution >= 0.6 is 11.6 Å². The van der Waals surface area contributed by atoms with Crippen molar-refractivity contribution in [1.29, 1.82) is 5.26 Å². The van der Waals surface area contributed by atoms with Gasteiger partial charge < -0.3 is 28.8 Å². The molecule has 2 aliphatic heterocycles. The number of benzene rings is 3. The summed E-state index contributed by atoms with van der Waals surface area (Å²) in [6, 6.07) is 20.3. The van der Waals surface area contributed by atoms with Crippen molar-refractivity contribution in [3.05, 3.63) is 123 Å². The van der Waals surface area contributed by atoms with Gasteiger partial charge in [-0.25, -0.2) is 4.98 Å². The monoisotopic (exact) mass is 746 g/mol. The number of pyridine rings is 1. The number of halogens is 1.